The molecule has 13 nitrogen and oxygen atoms in total. The van der Waals surface area contributed by atoms with Crippen LogP contribution in [0.5, 0.6) is 5.75 Å². The van der Waals surface area contributed by atoms with Crippen molar-refractivity contribution in [2.75, 3.05) is 39.8 Å². The molecule has 5 amide bonds. The molecule has 13 heteroatoms. The molecule has 5 N–H and O–H groups in total. The van der Waals surface area contributed by atoms with Crippen molar-refractivity contribution < 1.29 is 38.6 Å². The molecule has 2 aliphatic heterocycles. The zero-order valence-electron chi connectivity index (χ0n) is 18.6. The van der Waals surface area contributed by atoms with E-state index in [4.69, 9.17) is 20.4 Å². The molecule has 34 heavy (non-hydrogen) atoms. The Bertz CT molecular complexity index is 966. The average Bonchev–Trinajstić information content (AvgIpc) is 3.03. The fourth-order valence-electron chi connectivity index (χ4n) is 3.46. The van der Waals surface area contributed by atoms with Crippen LogP contribution in [0.4, 0.5) is 0 Å². The Morgan fingerprint density at radius 1 is 1.26 bits per heavy atom. The molecular weight excluding hydrogens is 450 g/mol. The van der Waals surface area contributed by atoms with Gasteiger partial charge >= 0.3 is 0 Å². The monoisotopic (exact) mass is 477 g/mol. The molecule has 1 atom stereocenters. The highest BCUT2D eigenvalue weighted by Gasteiger charge is 2.44. The third-order valence-corrected chi connectivity index (χ3v) is 5.11. The summed E-state index contributed by atoms with van der Waals surface area (Å²) in [6, 6.07) is 3.26. The van der Waals surface area contributed by atoms with Gasteiger partial charge in [-0.1, -0.05) is 0 Å². The van der Waals surface area contributed by atoms with Crippen molar-refractivity contribution in [1.29, 1.82) is 0 Å². The zero-order valence-corrected chi connectivity index (χ0v) is 18.6. The van der Waals surface area contributed by atoms with Crippen molar-refractivity contribution in [3.05, 3.63) is 29.3 Å². The van der Waals surface area contributed by atoms with Gasteiger partial charge in [-0.05, 0) is 31.7 Å². The first-order valence-electron chi connectivity index (χ1n) is 10.4. The first kappa shape index (κ1) is 26.4. The second-order valence-corrected chi connectivity index (χ2v) is 7.49. The fourth-order valence-corrected chi connectivity index (χ4v) is 3.46. The highest BCUT2D eigenvalue weighted by molar-refractivity contribution is 6.23. The Labute approximate surface area is 195 Å². The number of carbonyl (C=O) groups is 6. The molecule has 0 radical (unpaired) electrons. The number of likely N-dealkylation sites (N-methyl/N-ethyl adjacent to an activating group) is 1. The van der Waals surface area contributed by atoms with Gasteiger partial charge < -0.3 is 25.8 Å². The Morgan fingerprint density at radius 3 is 2.59 bits per heavy atom. The van der Waals surface area contributed by atoms with Crippen LogP contribution < -0.4 is 21.1 Å². The van der Waals surface area contributed by atoms with E-state index in [1.165, 1.54) is 18.2 Å². The molecular formula is C21H27N5O8. The van der Waals surface area contributed by atoms with E-state index < -0.39 is 29.7 Å². The van der Waals surface area contributed by atoms with Gasteiger partial charge in [0, 0.05) is 32.6 Å². The van der Waals surface area contributed by atoms with Crippen LogP contribution in [-0.2, 0) is 19.2 Å². The van der Waals surface area contributed by atoms with E-state index >= 15 is 0 Å². The smallest absolute Gasteiger partial charge is 0.290 e. The van der Waals surface area contributed by atoms with Gasteiger partial charge in [0.2, 0.25) is 11.8 Å². The van der Waals surface area contributed by atoms with E-state index in [0.717, 1.165) is 11.4 Å². The highest BCUT2D eigenvalue weighted by atomic mass is 16.5. The number of ether oxygens (including phenoxy) is 1. The molecule has 1 unspecified atom stereocenters. The van der Waals surface area contributed by atoms with Gasteiger partial charge in [0.15, 0.2) is 6.61 Å². The molecule has 0 bridgehead atoms. The van der Waals surface area contributed by atoms with Gasteiger partial charge in [0.1, 0.15) is 11.8 Å². The van der Waals surface area contributed by atoms with Gasteiger partial charge in [-0.2, -0.15) is 0 Å². The normalized spacial score (nSPS) is 17.0. The third-order valence-electron chi connectivity index (χ3n) is 5.11. The maximum Gasteiger partial charge on any atom is 0.290 e. The molecule has 0 spiro atoms. The number of benzene rings is 1. The predicted molar refractivity (Wildman–Crippen MR) is 117 cm³/mol. The van der Waals surface area contributed by atoms with E-state index in [2.05, 4.69) is 10.6 Å². The number of carbonyl (C=O) groups excluding carboxylic acids is 5. The Morgan fingerprint density at radius 2 is 1.94 bits per heavy atom. The number of carboxylic acid groups (broad SMARTS) is 1. The number of hydrogen-bond donors (Lipinski definition) is 4. The van der Waals surface area contributed by atoms with Crippen LogP contribution in [0.1, 0.15) is 33.6 Å². The Hall–Kier alpha value is -3.84. The molecule has 1 aromatic rings. The molecule has 2 heterocycles. The summed E-state index contributed by atoms with van der Waals surface area (Å²) in [4.78, 5) is 72.0. The molecule has 0 aromatic heterocycles. The van der Waals surface area contributed by atoms with Gasteiger partial charge in [-0.15, -0.1) is 0 Å². The standard InChI is InChI=1S/C20H25N5O6.CH2O2/c1-24(8-6-21)9-7-22-17(27)11-31-12-2-3-13-14(10-12)20(30)25(19(13)29)15-4-5-16(26)23-18(15)28;2-1-3/h2-3,10,15H,4-9,11,21H2,1H3,(H,22,27)(H,23,26,28);1H,(H,2,3). The summed E-state index contributed by atoms with van der Waals surface area (Å²) in [5.74, 6) is -2.41. The van der Waals surface area contributed by atoms with Crippen LogP contribution >= 0.6 is 0 Å². The van der Waals surface area contributed by atoms with Gasteiger partial charge in [-0.25, -0.2) is 0 Å². The van der Waals surface area contributed by atoms with E-state index in [9.17, 15) is 24.0 Å². The lowest BCUT2D eigenvalue weighted by Gasteiger charge is -2.27. The average molecular weight is 477 g/mol. The number of amides is 5. The number of nitrogens with two attached hydrogens (primary N) is 1. The number of nitrogens with one attached hydrogen (secondary N) is 2. The number of rotatable bonds is 9. The SMILES string of the molecule is CN(CCN)CCNC(=O)COc1ccc2c(c1)C(=O)N(C1CCC(=O)NC1=O)C2=O.O=CO. The van der Waals surface area contributed by atoms with Gasteiger partial charge in [-0.3, -0.25) is 39.0 Å². The molecule has 1 saturated heterocycles. The lowest BCUT2D eigenvalue weighted by atomic mass is 10.0. The van der Waals surface area contributed by atoms with E-state index in [-0.39, 0.29) is 48.7 Å². The molecule has 184 valence electrons. The summed E-state index contributed by atoms with van der Waals surface area (Å²) in [5.41, 5.74) is 5.70. The highest BCUT2D eigenvalue weighted by Crippen LogP contribution is 2.30. The van der Waals surface area contributed by atoms with E-state index in [0.29, 0.717) is 19.6 Å². The van der Waals surface area contributed by atoms with Crippen LogP contribution in [0.15, 0.2) is 18.2 Å². The van der Waals surface area contributed by atoms with Crippen molar-refractivity contribution in [2.24, 2.45) is 5.73 Å². The quantitative estimate of drug-likeness (QED) is 0.233. The van der Waals surface area contributed by atoms with Crippen LogP contribution in [0.2, 0.25) is 0 Å². The molecule has 0 aliphatic carbocycles. The molecule has 1 fully saturated rings. The predicted octanol–water partition coefficient (Wildman–Crippen LogP) is -1.83. The van der Waals surface area contributed by atoms with Crippen molar-refractivity contribution in [1.82, 2.24) is 20.4 Å². The minimum Gasteiger partial charge on any atom is -0.484 e. The molecule has 1 aromatic carbocycles. The first-order chi connectivity index (χ1) is 16.2. The summed E-state index contributed by atoms with van der Waals surface area (Å²) >= 11 is 0. The largest absolute Gasteiger partial charge is 0.484 e. The second kappa shape index (κ2) is 12.4. The Kier molecular flexibility index (Phi) is 9.64. The maximum atomic E-state index is 12.8. The minimum atomic E-state index is -1.03. The number of hydrogen-bond acceptors (Lipinski definition) is 9. The number of imide groups is 2. The van der Waals surface area contributed by atoms with Gasteiger partial charge in [0.05, 0.1) is 11.1 Å². The topological polar surface area (TPSA) is 188 Å². The second-order valence-electron chi connectivity index (χ2n) is 7.49. The number of piperidine rings is 1. The third kappa shape index (κ3) is 6.59. The molecule has 2 aliphatic rings. The van der Waals surface area contributed by atoms with Crippen LogP contribution in [0.25, 0.3) is 0 Å². The minimum absolute atomic E-state index is 0.0509. The summed E-state index contributed by atoms with van der Waals surface area (Å²) < 4.78 is 5.45. The fraction of sp³-hybridized carbons (Fsp3) is 0.429. The van der Waals surface area contributed by atoms with Crippen molar-refractivity contribution in [3.63, 3.8) is 0 Å². The van der Waals surface area contributed by atoms with Crippen LogP contribution in [-0.4, -0.2) is 96.8 Å². The van der Waals surface area contributed by atoms with Gasteiger partial charge in [0.25, 0.3) is 24.2 Å². The summed E-state index contributed by atoms with van der Waals surface area (Å²) in [5, 5.41) is 11.8. The van der Waals surface area contributed by atoms with E-state index in [1.54, 1.807) is 0 Å². The lowest BCUT2D eigenvalue weighted by Crippen LogP contribution is -2.54. The summed E-state index contributed by atoms with van der Waals surface area (Å²) in [6.07, 6.45) is 0.134. The number of nitrogens with zero attached hydrogens (tertiary/aromatic N) is 2. The number of fused-ring (bicyclic) bond motifs is 1. The summed E-state index contributed by atoms with van der Waals surface area (Å²) in [6.45, 7) is 1.85. The van der Waals surface area contributed by atoms with Crippen molar-refractivity contribution >= 4 is 36.0 Å². The molecule has 3 rings (SSSR count). The van der Waals surface area contributed by atoms with Crippen molar-refractivity contribution in [2.45, 2.75) is 18.9 Å². The maximum absolute atomic E-state index is 12.8. The molecule has 0 saturated carbocycles. The van der Waals surface area contributed by atoms with E-state index in [1.807, 2.05) is 11.9 Å². The Balaban J connectivity index is 0.00000129. The van der Waals surface area contributed by atoms with Crippen LogP contribution in [0, 0.1) is 0 Å². The lowest BCUT2D eigenvalue weighted by molar-refractivity contribution is -0.136. The van der Waals surface area contributed by atoms with Crippen LogP contribution in [0.3, 0.4) is 0 Å². The zero-order chi connectivity index (χ0) is 25.3. The summed E-state index contributed by atoms with van der Waals surface area (Å²) in [7, 11) is 1.90. The first-order valence-corrected chi connectivity index (χ1v) is 10.4. The van der Waals surface area contributed by atoms with Crippen molar-refractivity contribution in [3.8, 4) is 5.75 Å².